The Morgan fingerprint density at radius 3 is 2.71 bits per heavy atom. The van der Waals surface area contributed by atoms with Crippen LogP contribution in [0.2, 0.25) is 0 Å². The Labute approximate surface area is 199 Å². The largest absolute Gasteiger partial charge is 0.378 e. The highest BCUT2D eigenvalue weighted by Crippen LogP contribution is 2.32. The predicted molar refractivity (Wildman–Crippen MR) is 131 cm³/mol. The van der Waals surface area contributed by atoms with Crippen molar-refractivity contribution in [1.82, 2.24) is 35.1 Å². The molecule has 4 N–H and O–H groups in total. The van der Waals surface area contributed by atoms with Crippen LogP contribution < -0.4 is 10.6 Å². The number of carbonyl (C=O) groups excluding carboxylic acids is 1. The van der Waals surface area contributed by atoms with Crippen molar-refractivity contribution in [1.29, 1.82) is 0 Å². The molecule has 1 amide bonds. The van der Waals surface area contributed by atoms with E-state index in [2.05, 4.69) is 35.0 Å². The van der Waals surface area contributed by atoms with E-state index in [1.54, 1.807) is 31.7 Å². The molecule has 1 fully saturated rings. The minimum atomic E-state index is -0.437. The highest BCUT2D eigenvalue weighted by molar-refractivity contribution is 5.95. The molecule has 6 rings (SSSR count). The number of aromatic amines is 2. The molecule has 0 bridgehead atoms. The standard InChI is InChI=1S/C24H23N9O2/c1-13(22(25)34)14-6-15(9-26-8-14)16-7-17-20(31-32-23(17)28-10-16)24-29-18-11-27-12-19(21(18)30-24)33-2-4-35-5-3-33/h6-13H,2-5H2,1H3,(H2,25,34)(H,29,30)(H,28,31,32). The van der Waals surface area contributed by atoms with Crippen molar-refractivity contribution in [2.75, 3.05) is 31.2 Å². The quantitative estimate of drug-likeness (QED) is 0.355. The fourth-order valence-corrected chi connectivity index (χ4v) is 4.33. The van der Waals surface area contributed by atoms with E-state index in [1.165, 1.54) is 0 Å². The number of nitrogens with zero attached hydrogens (tertiary/aromatic N) is 6. The van der Waals surface area contributed by atoms with E-state index < -0.39 is 11.8 Å². The van der Waals surface area contributed by atoms with Crippen LogP contribution in [-0.4, -0.2) is 67.3 Å². The van der Waals surface area contributed by atoms with Gasteiger partial charge < -0.3 is 20.4 Å². The van der Waals surface area contributed by atoms with E-state index >= 15 is 0 Å². The number of nitrogens with two attached hydrogens (primary N) is 1. The number of carbonyl (C=O) groups is 1. The van der Waals surface area contributed by atoms with Crippen LogP contribution in [0.3, 0.4) is 0 Å². The molecule has 1 aliphatic rings. The highest BCUT2D eigenvalue weighted by Gasteiger charge is 2.20. The summed E-state index contributed by atoms with van der Waals surface area (Å²) in [5.74, 6) is -0.183. The number of pyridine rings is 3. The summed E-state index contributed by atoms with van der Waals surface area (Å²) in [6, 6.07) is 3.90. The number of hydrogen-bond acceptors (Lipinski definition) is 8. The molecule has 0 radical (unpaired) electrons. The average Bonchev–Trinajstić information content (AvgIpc) is 3.52. The van der Waals surface area contributed by atoms with Crippen molar-refractivity contribution < 1.29 is 9.53 Å². The maximum atomic E-state index is 11.6. The second-order valence-corrected chi connectivity index (χ2v) is 8.56. The zero-order valence-electron chi connectivity index (χ0n) is 19.0. The molecule has 0 saturated carbocycles. The third kappa shape index (κ3) is 3.75. The van der Waals surface area contributed by atoms with Crippen molar-refractivity contribution in [3.8, 4) is 22.6 Å². The number of hydrogen-bond donors (Lipinski definition) is 3. The van der Waals surface area contributed by atoms with Crippen LogP contribution in [0.15, 0.2) is 43.1 Å². The summed E-state index contributed by atoms with van der Waals surface area (Å²) >= 11 is 0. The number of morpholine rings is 1. The first-order valence-electron chi connectivity index (χ1n) is 11.3. The van der Waals surface area contributed by atoms with Crippen LogP contribution in [0, 0.1) is 0 Å². The molecule has 5 aromatic rings. The molecule has 1 atom stereocenters. The van der Waals surface area contributed by atoms with Crippen LogP contribution in [0.5, 0.6) is 0 Å². The van der Waals surface area contributed by atoms with Gasteiger partial charge in [-0.2, -0.15) is 5.10 Å². The van der Waals surface area contributed by atoms with Gasteiger partial charge in [-0.15, -0.1) is 0 Å². The fraction of sp³-hybridized carbons (Fsp3) is 0.250. The number of primary amides is 1. The summed E-state index contributed by atoms with van der Waals surface area (Å²) in [5, 5.41) is 8.26. The Bertz CT molecular complexity index is 1550. The van der Waals surface area contributed by atoms with E-state index in [1.807, 2.05) is 18.3 Å². The molecule has 1 unspecified atom stereocenters. The molecule has 1 aliphatic heterocycles. The summed E-state index contributed by atoms with van der Waals surface area (Å²) < 4.78 is 5.49. The molecule has 11 nitrogen and oxygen atoms in total. The molecule has 1 saturated heterocycles. The maximum Gasteiger partial charge on any atom is 0.224 e. The van der Waals surface area contributed by atoms with Crippen molar-refractivity contribution in [2.45, 2.75) is 12.8 Å². The number of aromatic nitrogens is 7. The number of amides is 1. The van der Waals surface area contributed by atoms with Crippen LogP contribution in [0.1, 0.15) is 18.4 Å². The summed E-state index contributed by atoms with van der Waals surface area (Å²) in [6.45, 7) is 4.72. The highest BCUT2D eigenvalue weighted by atomic mass is 16.5. The van der Waals surface area contributed by atoms with Crippen LogP contribution in [0.25, 0.3) is 44.7 Å². The van der Waals surface area contributed by atoms with Crippen molar-refractivity contribution in [3.05, 3.63) is 48.7 Å². The van der Waals surface area contributed by atoms with Gasteiger partial charge in [-0.1, -0.05) is 0 Å². The topological polar surface area (TPSA) is 152 Å². The molecule has 0 aromatic carbocycles. The Morgan fingerprint density at radius 1 is 1.09 bits per heavy atom. The number of ether oxygens (including phenoxy) is 1. The van der Waals surface area contributed by atoms with Crippen LogP contribution in [0.4, 0.5) is 5.69 Å². The number of rotatable bonds is 5. The normalized spacial score (nSPS) is 15.1. The Morgan fingerprint density at radius 2 is 1.89 bits per heavy atom. The SMILES string of the molecule is CC(C(N)=O)c1cncc(-c2cnc3n[nH]c(-c4nc5c(N6CCOCC6)cncc5[nH]4)c3c2)c1. The molecule has 0 aliphatic carbocycles. The lowest BCUT2D eigenvalue weighted by molar-refractivity contribution is -0.119. The third-order valence-electron chi connectivity index (χ3n) is 6.39. The van der Waals surface area contributed by atoms with Gasteiger partial charge in [0.05, 0.1) is 48.1 Å². The van der Waals surface area contributed by atoms with Gasteiger partial charge in [0.1, 0.15) is 11.2 Å². The van der Waals surface area contributed by atoms with Gasteiger partial charge in [0.15, 0.2) is 11.5 Å². The van der Waals surface area contributed by atoms with Gasteiger partial charge in [0.25, 0.3) is 0 Å². The number of anilines is 1. The van der Waals surface area contributed by atoms with E-state index in [4.69, 9.17) is 15.5 Å². The lowest BCUT2D eigenvalue weighted by Gasteiger charge is -2.28. The van der Waals surface area contributed by atoms with Crippen molar-refractivity contribution in [2.24, 2.45) is 5.73 Å². The summed E-state index contributed by atoms with van der Waals surface area (Å²) in [6.07, 6.45) is 8.75. The summed E-state index contributed by atoms with van der Waals surface area (Å²) in [7, 11) is 0. The zero-order valence-corrected chi connectivity index (χ0v) is 19.0. The number of imidazole rings is 1. The average molecular weight is 470 g/mol. The first-order valence-corrected chi connectivity index (χ1v) is 11.3. The Hall–Kier alpha value is -4.38. The van der Waals surface area contributed by atoms with Crippen LogP contribution in [-0.2, 0) is 9.53 Å². The van der Waals surface area contributed by atoms with E-state index in [-0.39, 0.29) is 0 Å². The van der Waals surface area contributed by atoms with Gasteiger partial charge >= 0.3 is 0 Å². The zero-order chi connectivity index (χ0) is 23.9. The summed E-state index contributed by atoms with van der Waals surface area (Å²) in [5.41, 5.74) is 11.9. The van der Waals surface area contributed by atoms with E-state index in [0.717, 1.165) is 57.6 Å². The molecule has 0 spiro atoms. The van der Waals surface area contributed by atoms with E-state index in [0.29, 0.717) is 24.7 Å². The molecule has 6 heterocycles. The van der Waals surface area contributed by atoms with Gasteiger partial charge in [-0.05, 0) is 24.6 Å². The van der Waals surface area contributed by atoms with Crippen molar-refractivity contribution in [3.63, 3.8) is 0 Å². The Kier molecular flexibility index (Phi) is 5.10. The first-order chi connectivity index (χ1) is 17.1. The number of nitrogens with one attached hydrogen (secondary N) is 2. The molecular formula is C24H23N9O2. The van der Waals surface area contributed by atoms with Crippen molar-refractivity contribution >= 4 is 33.7 Å². The van der Waals surface area contributed by atoms with Gasteiger partial charge in [-0.3, -0.25) is 19.9 Å². The monoisotopic (exact) mass is 469 g/mol. The lowest BCUT2D eigenvalue weighted by atomic mass is 9.99. The Balaban J connectivity index is 1.42. The van der Waals surface area contributed by atoms with Gasteiger partial charge in [0.2, 0.25) is 5.91 Å². The minimum absolute atomic E-state index is 0.398. The molecule has 35 heavy (non-hydrogen) atoms. The van der Waals surface area contributed by atoms with E-state index in [9.17, 15) is 4.79 Å². The van der Waals surface area contributed by atoms with Crippen LogP contribution >= 0.6 is 0 Å². The van der Waals surface area contributed by atoms with Gasteiger partial charge in [-0.25, -0.2) is 9.97 Å². The molecular weight excluding hydrogens is 446 g/mol. The lowest BCUT2D eigenvalue weighted by Crippen LogP contribution is -2.36. The molecule has 176 valence electrons. The molecule has 11 heteroatoms. The summed E-state index contributed by atoms with van der Waals surface area (Å²) in [4.78, 5) is 35.4. The van der Waals surface area contributed by atoms with Gasteiger partial charge in [0, 0.05) is 42.8 Å². The third-order valence-corrected chi connectivity index (χ3v) is 6.39. The fourth-order valence-electron chi connectivity index (χ4n) is 4.33. The second kappa shape index (κ2) is 8.44. The number of fused-ring (bicyclic) bond motifs is 2. The maximum absolute atomic E-state index is 11.6. The minimum Gasteiger partial charge on any atom is -0.378 e. The first kappa shape index (κ1) is 21.2. The molecule has 5 aromatic heterocycles. The second-order valence-electron chi connectivity index (χ2n) is 8.56. The smallest absolute Gasteiger partial charge is 0.224 e. The predicted octanol–water partition coefficient (Wildman–Crippen LogP) is 2.38. The number of H-pyrrole nitrogens is 2.